The lowest BCUT2D eigenvalue weighted by Crippen LogP contribution is -2.47. The van der Waals surface area contributed by atoms with Gasteiger partial charge in [-0.15, -0.1) is 0 Å². The molecule has 1 N–H and O–H groups in total. The molecular formula is C8H10N3O4-. The van der Waals surface area contributed by atoms with E-state index in [-0.39, 0.29) is 12.8 Å². The first-order valence-corrected chi connectivity index (χ1v) is 4.15. The van der Waals surface area contributed by atoms with Crippen LogP contribution in [0.1, 0.15) is 19.8 Å². The maximum atomic E-state index is 10.8. The Kier molecular flexibility index (Phi) is 5.58. The Morgan fingerprint density at radius 1 is 1.53 bits per heavy atom. The monoisotopic (exact) mass is 212 g/mol. The van der Waals surface area contributed by atoms with Crippen molar-refractivity contribution in [2.24, 2.45) is 0 Å². The van der Waals surface area contributed by atoms with Crippen LogP contribution in [-0.4, -0.2) is 34.7 Å². The molecule has 15 heavy (non-hydrogen) atoms. The van der Waals surface area contributed by atoms with E-state index in [0.29, 0.717) is 6.21 Å². The predicted molar refractivity (Wildman–Crippen MR) is 46.5 cm³/mol. The lowest BCUT2D eigenvalue weighted by atomic mass is 10.1. The van der Waals surface area contributed by atoms with Crippen LogP contribution in [-0.2, 0) is 14.4 Å². The van der Waals surface area contributed by atoms with Gasteiger partial charge in [-0.3, -0.25) is 9.59 Å². The number of nitrogens with one attached hydrogen (secondary N) is 1. The van der Waals surface area contributed by atoms with Crippen LogP contribution in [0.5, 0.6) is 0 Å². The van der Waals surface area contributed by atoms with Crippen LogP contribution in [0.25, 0.3) is 5.53 Å². The Morgan fingerprint density at radius 2 is 2.13 bits per heavy atom. The molecule has 7 nitrogen and oxygen atoms in total. The zero-order chi connectivity index (χ0) is 11.8. The Morgan fingerprint density at radius 3 is 2.53 bits per heavy atom. The van der Waals surface area contributed by atoms with E-state index in [1.165, 1.54) is 0 Å². The molecule has 0 fully saturated rings. The van der Waals surface area contributed by atoms with E-state index in [4.69, 9.17) is 5.53 Å². The van der Waals surface area contributed by atoms with Crippen LogP contribution >= 0.6 is 0 Å². The van der Waals surface area contributed by atoms with Gasteiger partial charge in [0.1, 0.15) is 0 Å². The van der Waals surface area contributed by atoms with E-state index in [0.717, 1.165) is 6.92 Å². The molecule has 0 aromatic carbocycles. The van der Waals surface area contributed by atoms with Gasteiger partial charge in [-0.25, -0.2) is 0 Å². The van der Waals surface area contributed by atoms with Gasteiger partial charge in [0.05, 0.1) is 12.0 Å². The maximum absolute atomic E-state index is 10.8. The molecule has 0 aromatic rings. The number of nitrogens with zero attached hydrogens (tertiary/aromatic N) is 2. The van der Waals surface area contributed by atoms with E-state index in [9.17, 15) is 19.5 Å². The number of carbonyl (C=O) groups excluding carboxylic acids is 3. The van der Waals surface area contributed by atoms with E-state index >= 15 is 0 Å². The zero-order valence-corrected chi connectivity index (χ0v) is 8.10. The summed E-state index contributed by atoms with van der Waals surface area (Å²) in [6, 6.07) is -1.21. The highest BCUT2D eigenvalue weighted by molar-refractivity contribution is 6.25. The number of amides is 1. The molecule has 0 spiro atoms. The van der Waals surface area contributed by atoms with Crippen LogP contribution in [0.15, 0.2) is 0 Å². The Bertz CT molecular complexity index is 320. The molecule has 0 bridgehead atoms. The summed E-state index contributed by atoms with van der Waals surface area (Å²) < 4.78 is 0. The number of hydrogen-bond donors (Lipinski definition) is 1. The van der Waals surface area contributed by atoms with Gasteiger partial charge in [0.15, 0.2) is 0 Å². The fourth-order valence-electron chi connectivity index (χ4n) is 0.910. The lowest BCUT2D eigenvalue weighted by Gasteiger charge is -2.17. The van der Waals surface area contributed by atoms with Gasteiger partial charge in [0.2, 0.25) is 11.7 Å². The van der Waals surface area contributed by atoms with E-state index in [1.54, 1.807) is 0 Å². The third-order valence-corrected chi connectivity index (χ3v) is 1.54. The summed E-state index contributed by atoms with van der Waals surface area (Å²) >= 11 is 0. The highest BCUT2D eigenvalue weighted by Crippen LogP contribution is 1.96. The summed E-state index contributed by atoms with van der Waals surface area (Å²) in [5.74, 6) is -2.51. The average Bonchev–Trinajstić information content (AvgIpc) is 2.11. The molecule has 0 unspecified atom stereocenters. The van der Waals surface area contributed by atoms with Gasteiger partial charge < -0.3 is 20.7 Å². The molecule has 0 aliphatic carbocycles. The fourth-order valence-corrected chi connectivity index (χ4v) is 0.910. The second kappa shape index (κ2) is 6.44. The molecule has 1 atom stereocenters. The van der Waals surface area contributed by atoms with Crippen molar-refractivity contribution in [2.75, 3.05) is 0 Å². The van der Waals surface area contributed by atoms with Crippen molar-refractivity contribution < 1.29 is 24.3 Å². The third kappa shape index (κ3) is 6.11. The molecule has 0 aromatic heterocycles. The zero-order valence-electron chi connectivity index (χ0n) is 8.10. The molecule has 82 valence electrons. The number of rotatable bonds is 6. The van der Waals surface area contributed by atoms with Crippen molar-refractivity contribution in [2.45, 2.75) is 25.8 Å². The largest absolute Gasteiger partial charge is 0.548 e. The minimum Gasteiger partial charge on any atom is -0.548 e. The first-order valence-electron chi connectivity index (χ1n) is 4.15. The molecule has 0 radical (unpaired) electrons. The topological polar surface area (TPSA) is 123 Å². The molecule has 7 heteroatoms. The second-order valence-electron chi connectivity index (χ2n) is 2.82. The van der Waals surface area contributed by atoms with E-state index in [2.05, 4.69) is 10.1 Å². The average molecular weight is 212 g/mol. The quantitative estimate of drug-likeness (QED) is 0.307. The van der Waals surface area contributed by atoms with Crippen molar-refractivity contribution >= 4 is 23.9 Å². The molecular weight excluding hydrogens is 202 g/mol. The number of Topliss-reactive ketones (excluding diaryl/α,β-unsaturated/α-hetero) is 1. The molecule has 0 rings (SSSR count). The SMILES string of the molecule is CC(=O)N[C@@H](CCC(=O)C=[N+]=[N-])C(=O)[O-]. The summed E-state index contributed by atoms with van der Waals surface area (Å²) in [4.78, 5) is 34.4. The summed E-state index contributed by atoms with van der Waals surface area (Å²) in [7, 11) is 0. The Hall–Kier alpha value is -2.01. The number of carboxylic acids is 1. The van der Waals surface area contributed by atoms with Crippen LogP contribution in [0.3, 0.4) is 0 Å². The summed E-state index contributed by atoms with van der Waals surface area (Å²) in [6.07, 6.45) is 0.413. The molecule has 0 saturated carbocycles. The van der Waals surface area contributed by atoms with Crippen LogP contribution in [0.2, 0.25) is 0 Å². The van der Waals surface area contributed by atoms with Gasteiger partial charge >= 0.3 is 6.21 Å². The van der Waals surface area contributed by atoms with Crippen molar-refractivity contribution in [1.82, 2.24) is 5.32 Å². The number of ketones is 1. The number of aliphatic carboxylic acids is 1. The van der Waals surface area contributed by atoms with Crippen LogP contribution in [0, 0.1) is 0 Å². The Balaban J connectivity index is 4.18. The number of carboxylic acid groups (broad SMARTS) is 1. The normalized spacial score (nSPS) is 11.0. The van der Waals surface area contributed by atoms with E-state index < -0.39 is 23.7 Å². The maximum Gasteiger partial charge on any atom is 0.323 e. The number of carbonyl (C=O) groups is 3. The second-order valence-corrected chi connectivity index (χ2v) is 2.82. The summed E-state index contributed by atoms with van der Waals surface area (Å²) in [5, 5.41) is 12.6. The highest BCUT2D eigenvalue weighted by Gasteiger charge is 2.13. The lowest BCUT2D eigenvalue weighted by molar-refractivity contribution is -0.308. The summed E-state index contributed by atoms with van der Waals surface area (Å²) in [6.45, 7) is 1.16. The minimum atomic E-state index is -1.46. The fraction of sp³-hybridized carbons (Fsp3) is 0.500. The van der Waals surface area contributed by atoms with Crippen molar-refractivity contribution in [1.29, 1.82) is 0 Å². The van der Waals surface area contributed by atoms with Gasteiger partial charge in [-0.05, 0) is 6.42 Å². The third-order valence-electron chi connectivity index (χ3n) is 1.54. The van der Waals surface area contributed by atoms with Crippen molar-refractivity contribution in [3.63, 3.8) is 0 Å². The van der Waals surface area contributed by atoms with Crippen LogP contribution in [0.4, 0.5) is 0 Å². The van der Waals surface area contributed by atoms with Crippen molar-refractivity contribution in [3.05, 3.63) is 5.53 Å². The molecule has 0 aliphatic rings. The first kappa shape index (κ1) is 13.0. The van der Waals surface area contributed by atoms with Gasteiger partial charge in [0, 0.05) is 13.3 Å². The van der Waals surface area contributed by atoms with Crippen LogP contribution < -0.4 is 10.4 Å². The molecule has 0 aliphatic heterocycles. The molecule has 0 heterocycles. The van der Waals surface area contributed by atoms with Gasteiger partial charge in [-0.1, -0.05) is 0 Å². The van der Waals surface area contributed by atoms with Crippen molar-refractivity contribution in [3.8, 4) is 0 Å². The standard InChI is InChI=1S/C8H11N3O4/c1-5(12)11-7(8(14)15)3-2-6(13)4-10-9/h4,7H,2-3H2,1H3,(H,11,12)(H,14,15)/p-1/t7-/m0/s1. The van der Waals surface area contributed by atoms with Gasteiger partial charge in [0.25, 0.3) is 0 Å². The molecule has 1 amide bonds. The summed E-state index contributed by atoms with van der Waals surface area (Å²) in [5.41, 5.74) is 8.01. The number of hydrogen-bond acceptors (Lipinski definition) is 4. The smallest absolute Gasteiger partial charge is 0.323 e. The highest BCUT2D eigenvalue weighted by atomic mass is 16.4. The molecule has 0 saturated heterocycles. The predicted octanol–water partition coefficient (Wildman–Crippen LogP) is -2.11. The first-order chi connectivity index (χ1) is 6.97. The minimum absolute atomic E-state index is 0.104. The Labute approximate surface area is 85.7 Å². The van der Waals surface area contributed by atoms with Gasteiger partial charge in [-0.2, -0.15) is 4.79 Å². The van der Waals surface area contributed by atoms with E-state index in [1.807, 2.05) is 0 Å².